The minimum Gasteiger partial charge on any atom is -0.459 e. The van der Waals surface area contributed by atoms with Crippen molar-refractivity contribution in [1.82, 2.24) is 0 Å². The highest BCUT2D eigenvalue weighted by Gasteiger charge is 2.22. The molecule has 0 heterocycles. The summed E-state index contributed by atoms with van der Waals surface area (Å²) in [5.41, 5.74) is 0. The lowest BCUT2D eigenvalue weighted by molar-refractivity contribution is -0.164. The maximum Gasteiger partial charge on any atom is 0.303 e. The van der Waals surface area contributed by atoms with E-state index < -0.39 is 0 Å². The first-order chi connectivity index (χ1) is 8.47. The van der Waals surface area contributed by atoms with E-state index >= 15 is 0 Å². The van der Waals surface area contributed by atoms with Gasteiger partial charge in [0.15, 0.2) is 0 Å². The van der Waals surface area contributed by atoms with Crippen molar-refractivity contribution in [2.24, 2.45) is 0 Å². The fourth-order valence-corrected chi connectivity index (χ4v) is 1.89. The minimum absolute atomic E-state index is 0.326. The molecule has 0 rings (SSSR count). The predicted molar refractivity (Wildman–Crippen MR) is 70.2 cm³/mol. The molecule has 0 aromatic rings. The van der Waals surface area contributed by atoms with Crippen LogP contribution in [0.1, 0.15) is 66.2 Å². The van der Waals surface area contributed by atoms with E-state index in [1.165, 1.54) is 33.1 Å². The van der Waals surface area contributed by atoms with Crippen LogP contribution < -0.4 is 0 Å². The van der Waals surface area contributed by atoms with Crippen LogP contribution in [0.2, 0.25) is 0 Å². The maximum absolute atomic E-state index is 11.0. The highest BCUT2D eigenvalue weighted by Crippen LogP contribution is 2.14. The van der Waals surface area contributed by atoms with Crippen molar-refractivity contribution < 1.29 is 19.1 Å². The fourth-order valence-electron chi connectivity index (χ4n) is 1.89. The zero-order valence-corrected chi connectivity index (χ0v) is 12.0. The molecule has 0 bridgehead atoms. The molecule has 0 aliphatic heterocycles. The van der Waals surface area contributed by atoms with E-state index in [0.29, 0.717) is 0 Å². The van der Waals surface area contributed by atoms with Gasteiger partial charge in [-0.25, -0.2) is 0 Å². The molecule has 0 N–H and O–H groups in total. The van der Waals surface area contributed by atoms with Gasteiger partial charge in [0, 0.05) is 13.8 Å². The molecule has 4 nitrogen and oxygen atoms in total. The minimum atomic E-state index is -0.377. The zero-order valence-electron chi connectivity index (χ0n) is 12.0. The molecule has 0 spiro atoms. The Morgan fingerprint density at radius 3 is 2.00 bits per heavy atom. The average molecular weight is 258 g/mol. The van der Waals surface area contributed by atoms with Crippen LogP contribution in [0.3, 0.4) is 0 Å². The Balaban J connectivity index is 4.05. The highest BCUT2D eigenvalue weighted by molar-refractivity contribution is 5.67. The summed E-state index contributed by atoms with van der Waals surface area (Å²) in [6, 6.07) is 0. The van der Waals surface area contributed by atoms with Crippen molar-refractivity contribution in [3.05, 3.63) is 0 Å². The SMILES string of the molecule is CCCCCCC[C@H](OC(C)=O)[C@@H](C)OC(C)=O. The van der Waals surface area contributed by atoms with E-state index in [0.717, 1.165) is 19.3 Å². The van der Waals surface area contributed by atoms with Gasteiger partial charge in [0.1, 0.15) is 12.2 Å². The van der Waals surface area contributed by atoms with Crippen LogP contribution in [0.25, 0.3) is 0 Å². The van der Waals surface area contributed by atoms with E-state index in [4.69, 9.17) is 9.47 Å². The number of unbranched alkanes of at least 4 members (excludes halogenated alkanes) is 4. The van der Waals surface area contributed by atoms with Gasteiger partial charge in [-0.1, -0.05) is 32.6 Å². The van der Waals surface area contributed by atoms with Crippen molar-refractivity contribution >= 4 is 11.9 Å². The molecule has 0 saturated carbocycles. The second kappa shape index (κ2) is 9.92. The van der Waals surface area contributed by atoms with E-state index in [1.807, 2.05) is 0 Å². The van der Waals surface area contributed by atoms with Gasteiger partial charge >= 0.3 is 11.9 Å². The molecule has 0 aliphatic carbocycles. The maximum atomic E-state index is 11.0. The molecular formula is C14H26O4. The topological polar surface area (TPSA) is 52.6 Å². The number of hydrogen-bond donors (Lipinski definition) is 0. The van der Waals surface area contributed by atoms with Gasteiger partial charge in [-0.3, -0.25) is 9.59 Å². The summed E-state index contributed by atoms with van der Waals surface area (Å²) in [4.78, 5) is 21.9. The largest absolute Gasteiger partial charge is 0.459 e. The molecule has 0 aromatic carbocycles. The first-order valence-corrected chi connectivity index (χ1v) is 6.81. The molecule has 0 radical (unpaired) electrons. The summed E-state index contributed by atoms with van der Waals surface area (Å²) in [5, 5.41) is 0. The van der Waals surface area contributed by atoms with E-state index in [2.05, 4.69) is 6.92 Å². The summed E-state index contributed by atoms with van der Waals surface area (Å²) in [6.45, 7) is 6.68. The van der Waals surface area contributed by atoms with E-state index in [-0.39, 0.29) is 24.1 Å². The van der Waals surface area contributed by atoms with Crippen molar-refractivity contribution in [3.8, 4) is 0 Å². The first kappa shape index (κ1) is 16.9. The summed E-state index contributed by atoms with van der Waals surface area (Å²) in [6.07, 6.45) is 5.80. The molecule has 0 fully saturated rings. The van der Waals surface area contributed by atoms with Gasteiger partial charge in [-0.15, -0.1) is 0 Å². The lowest BCUT2D eigenvalue weighted by Gasteiger charge is -2.23. The Bertz CT molecular complexity index is 250. The summed E-state index contributed by atoms with van der Waals surface area (Å²) in [5.74, 6) is -0.668. The van der Waals surface area contributed by atoms with Gasteiger partial charge in [-0.2, -0.15) is 0 Å². The van der Waals surface area contributed by atoms with Crippen LogP contribution in [0.4, 0.5) is 0 Å². The van der Waals surface area contributed by atoms with Crippen LogP contribution >= 0.6 is 0 Å². The van der Waals surface area contributed by atoms with E-state index in [1.54, 1.807) is 6.92 Å². The summed E-state index contributed by atoms with van der Waals surface area (Å²) < 4.78 is 10.3. The third-order valence-electron chi connectivity index (χ3n) is 2.78. The van der Waals surface area contributed by atoms with Gasteiger partial charge in [-0.05, 0) is 19.8 Å². The Hall–Kier alpha value is -1.06. The number of hydrogen-bond acceptors (Lipinski definition) is 4. The Kier molecular flexibility index (Phi) is 9.33. The van der Waals surface area contributed by atoms with Crippen LogP contribution in [-0.2, 0) is 19.1 Å². The number of carbonyl (C=O) groups is 2. The van der Waals surface area contributed by atoms with Gasteiger partial charge in [0.05, 0.1) is 0 Å². The zero-order chi connectivity index (χ0) is 14.0. The van der Waals surface area contributed by atoms with Crippen LogP contribution in [0.5, 0.6) is 0 Å². The number of carbonyl (C=O) groups excluding carboxylic acids is 2. The van der Waals surface area contributed by atoms with Crippen LogP contribution in [-0.4, -0.2) is 24.1 Å². The van der Waals surface area contributed by atoms with Crippen LogP contribution in [0, 0.1) is 0 Å². The molecule has 0 saturated heterocycles. The Morgan fingerprint density at radius 2 is 1.50 bits per heavy atom. The van der Waals surface area contributed by atoms with Crippen molar-refractivity contribution in [2.75, 3.05) is 0 Å². The van der Waals surface area contributed by atoms with Gasteiger partial charge in [0.25, 0.3) is 0 Å². The van der Waals surface area contributed by atoms with Crippen molar-refractivity contribution in [3.63, 3.8) is 0 Å². The predicted octanol–water partition coefficient (Wildman–Crippen LogP) is 3.23. The second-order valence-electron chi connectivity index (χ2n) is 4.67. The first-order valence-electron chi connectivity index (χ1n) is 6.81. The number of rotatable bonds is 9. The summed E-state index contributed by atoms with van der Waals surface area (Å²) in [7, 11) is 0. The third-order valence-corrected chi connectivity index (χ3v) is 2.78. The molecule has 0 amide bonds. The lowest BCUT2D eigenvalue weighted by atomic mass is 10.0. The molecule has 2 atom stereocenters. The molecular weight excluding hydrogens is 232 g/mol. The van der Waals surface area contributed by atoms with Crippen molar-refractivity contribution in [2.45, 2.75) is 78.4 Å². The monoisotopic (exact) mass is 258 g/mol. The molecule has 0 unspecified atom stereocenters. The van der Waals surface area contributed by atoms with Crippen LogP contribution in [0.15, 0.2) is 0 Å². The normalized spacial score (nSPS) is 13.8. The fraction of sp³-hybridized carbons (Fsp3) is 0.857. The smallest absolute Gasteiger partial charge is 0.303 e. The van der Waals surface area contributed by atoms with Crippen molar-refractivity contribution in [1.29, 1.82) is 0 Å². The van der Waals surface area contributed by atoms with E-state index in [9.17, 15) is 9.59 Å². The molecule has 18 heavy (non-hydrogen) atoms. The lowest BCUT2D eigenvalue weighted by Crippen LogP contribution is -2.32. The molecule has 4 heteroatoms. The molecule has 0 aliphatic rings. The highest BCUT2D eigenvalue weighted by atomic mass is 16.6. The Morgan fingerprint density at radius 1 is 0.944 bits per heavy atom. The quantitative estimate of drug-likeness (QED) is 0.470. The van der Waals surface area contributed by atoms with Gasteiger partial charge < -0.3 is 9.47 Å². The third kappa shape index (κ3) is 9.02. The standard InChI is InChI=1S/C14H26O4/c1-5-6-7-8-9-10-14(18-13(4)16)11(2)17-12(3)15/h11,14H,5-10H2,1-4H3/t11-,14+/m1/s1. The second-order valence-corrected chi connectivity index (χ2v) is 4.67. The molecule has 106 valence electrons. The van der Waals surface area contributed by atoms with Gasteiger partial charge in [0.2, 0.25) is 0 Å². The molecule has 0 aromatic heterocycles. The average Bonchev–Trinajstić information content (AvgIpc) is 2.25. The number of ether oxygens (including phenoxy) is 2. The number of esters is 2. The summed E-state index contributed by atoms with van der Waals surface area (Å²) >= 11 is 0. The Labute approximate surface area is 110 Å².